The number of carbonyl (C=O) groups excluding carboxylic acids is 1. The van der Waals surface area contributed by atoms with Crippen LogP contribution >= 0.6 is 0 Å². The monoisotopic (exact) mass is 349 g/mol. The number of ether oxygens (including phenoxy) is 1. The first-order valence-corrected chi connectivity index (χ1v) is 9.42. The van der Waals surface area contributed by atoms with Gasteiger partial charge in [0.1, 0.15) is 5.82 Å². The second-order valence-corrected chi connectivity index (χ2v) is 7.34. The Hall–Kier alpha value is -1.76. The van der Waals surface area contributed by atoms with Gasteiger partial charge in [-0.25, -0.2) is 4.79 Å². The maximum atomic E-state index is 12.4. The van der Waals surface area contributed by atoms with Crippen LogP contribution in [-0.2, 0) is 11.8 Å². The molecule has 1 saturated carbocycles. The van der Waals surface area contributed by atoms with E-state index >= 15 is 0 Å². The molecular weight excluding hydrogens is 318 g/mol. The van der Waals surface area contributed by atoms with Gasteiger partial charge in [0.25, 0.3) is 0 Å². The zero-order valence-electron chi connectivity index (χ0n) is 15.6. The average Bonchev–Trinajstić information content (AvgIpc) is 2.94. The molecular formula is C18H31N5O2. The highest BCUT2D eigenvalue weighted by atomic mass is 16.5. The van der Waals surface area contributed by atoms with Crippen LogP contribution in [0.25, 0.3) is 0 Å². The largest absolute Gasteiger partial charge is 0.379 e. The number of urea groups is 1. The quantitative estimate of drug-likeness (QED) is 0.872. The molecule has 1 aliphatic carbocycles. The predicted molar refractivity (Wildman–Crippen MR) is 97.9 cm³/mol. The lowest BCUT2D eigenvalue weighted by Gasteiger charge is -2.35. The third kappa shape index (κ3) is 4.45. The SMILES string of the molecule is CO[C@H]1CCCC[C@@H]1NC(=O)N[C@@H]1CCCN(c2cc(C)nn2C)C1. The summed E-state index contributed by atoms with van der Waals surface area (Å²) in [6.07, 6.45) is 6.58. The molecule has 0 unspecified atom stereocenters. The zero-order chi connectivity index (χ0) is 17.8. The van der Waals surface area contributed by atoms with Gasteiger partial charge in [0.05, 0.1) is 17.8 Å². The van der Waals surface area contributed by atoms with Crippen molar-refractivity contribution in [1.29, 1.82) is 0 Å². The van der Waals surface area contributed by atoms with E-state index in [4.69, 9.17) is 4.74 Å². The molecule has 0 bridgehead atoms. The Morgan fingerprint density at radius 3 is 2.76 bits per heavy atom. The fraction of sp³-hybridized carbons (Fsp3) is 0.778. The van der Waals surface area contributed by atoms with Crippen LogP contribution in [0.4, 0.5) is 10.6 Å². The summed E-state index contributed by atoms with van der Waals surface area (Å²) in [5, 5.41) is 10.7. The molecule has 2 aliphatic rings. The molecule has 25 heavy (non-hydrogen) atoms. The molecule has 0 spiro atoms. The van der Waals surface area contributed by atoms with Crippen molar-refractivity contribution < 1.29 is 9.53 Å². The van der Waals surface area contributed by atoms with Crippen LogP contribution in [0.3, 0.4) is 0 Å². The van der Waals surface area contributed by atoms with E-state index in [0.717, 1.165) is 56.7 Å². The third-order valence-corrected chi connectivity index (χ3v) is 5.38. The molecule has 2 amide bonds. The van der Waals surface area contributed by atoms with Crippen molar-refractivity contribution in [2.24, 2.45) is 7.05 Å². The number of hydrogen-bond acceptors (Lipinski definition) is 4. The minimum atomic E-state index is -0.0676. The predicted octanol–water partition coefficient (Wildman–Crippen LogP) is 1.95. The number of aromatic nitrogens is 2. The van der Waals surface area contributed by atoms with E-state index in [1.165, 1.54) is 6.42 Å². The Labute approximate surface area is 150 Å². The van der Waals surface area contributed by atoms with Crippen LogP contribution in [0, 0.1) is 6.92 Å². The van der Waals surface area contributed by atoms with Gasteiger partial charge in [-0.1, -0.05) is 12.8 Å². The highest BCUT2D eigenvalue weighted by Gasteiger charge is 2.28. The lowest BCUT2D eigenvalue weighted by molar-refractivity contribution is 0.0450. The number of carbonyl (C=O) groups is 1. The van der Waals surface area contributed by atoms with Crippen molar-refractivity contribution in [1.82, 2.24) is 20.4 Å². The smallest absolute Gasteiger partial charge is 0.315 e. The summed E-state index contributed by atoms with van der Waals surface area (Å²) in [4.78, 5) is 14.8. The molecule has 7 heteroatoms. The summed E-state index contributed by atoms with van der Waals surface area (Å²) in [7, 11) is 3.71. The number of rotatable bonds is 4. The first-order chi connectivity index (χ1) is 12.1. The van der Waals surface area contributed by atoms with Crippen molar-refractivity contribution in [2.75, 3.05) is 25.1 Å². The standard InChI is InChI=1S/C18H31N5O2/c1-13-11-17(22(2)21-13)23-10-6-7-14(12-23)19-18(24)20-15-8-4-5-9-16(15)25-3/h11,14-16H,4-10,12H2,1-3H3,(H2,19,20,24)/t14-,15+,16+/m1/s1. The summed E-state index contributed by atoms with van der Waals surface area (Å²) < 4.78 is 7.44. The van der Waals surface area contributed by atoms with E-state index in [1.54, 1.807) is 7.11 Å². The Balaban J connectivity index is 1.53. The highest BCUT2D eigenvalue weighted by Crippen LogP contribution is 2.22. The molecule has 1 saturated heterocycles. The number of methoxy groups -OCH3 is 1. The lowest BCUT2D eigenvalue weighted by Crippen LogP contribution is -2.55. The second-order valence-electron chi connectivity index (χ2n) is 7.34. The van der Waals surface area contributed by atoms with Crippen molar-refractivity contribution in [2.45, 2.75) is 63.6 Å². The lowest BCUT2D eigenvalue weighted by atomic mass is 9.92. The van der Waals surface area contributed by atoms with Crippen LogP contribution < -0.4 is 15.5 Å². The van der Waals surface area contributed by atoms with Gasteiger partial charge in [-0.05, 0) is 32.6 Å². The molecule has 2 N–H and O–H groups in total. The van der Waals surface area contributed by atoms with E-state index < -0.39 is 0 Å². The summed E-state index contributed by atoms with van der Waals surface area (Å²) in [6.45, 7) is 3.84. The van der Waals surface area contributed by atoms with Gasteiger partial charge >= 0.3 is 6.03 Å². The van der Waals surface area contributed by atoms with Gasteiger partial charge in [-0.3, -0.25) is 4.68 Å². The molecule has 0 radical (unpaired) electrons. The Bertz CT molecular complexity index is 588. The third-order valence-electron chi connectivity index (χ3n) is 5.38. The molecule has 2 heterocycles. The number of anilines is 1. The summed E-state index contributed by atoms with van der Waals surface area (Å²) in [6, 6.07) is 2.32. The maximum absolute atomic E-state index is 12.4. The molecule has 7 nitrogen and oxygen atoms in total. The first-order valence-electron chi connectivity index (χ1n) is 9.42. The molecule has 3 atom stereocenters. The molecule has 1 aliphatic heterocycles. The minimum Gasteiger partial charge on any atom is -0.379 e. The number of hydrogen-bond donors (Lipinski definition) is 2. The van der Waals surface area contributed by atoms with Crippen LogP contribution in [-0.4, -0.2) is 54.2 Å². The van der Waals surface area contributed by atoms with Gasteiger partial charge in [0.15, 0.2) is 0 Å². The maximum Gasteiger partial charge on any atom is 0.315 e. The Morgan fingerprint density at radius 1 is 1.24 bits per heavy atom. The van der Waals surface area contributed by atoms with Gasteiger partial charge in [-0.15, -0.1) is 0 Å². The van der Waals surface area contributed by atoms with Gasteiger partial charge in [0, 0.05) is 39.4 Å². The number of nitrogens with zero attached hydrogens (tertiary/aromatic N) is 3. The van der Waals surface area contributed by atoms with E-state index in [9.17, 15) is 4.79 Å². The number of nitrogens with one attached hydrogen (secondary N) is 2. The molecule has 140 valence electrons. The van der Waals surface area contributed by atoms with Crippen molar-refractivity contribution in [3.63, 3.8) is 0 Å². The van der Waals surface area contributed by atoms with E-state index in [2.05, 4.69) is 26.7 Å². The molecule has 3 rings (SSSR count). The van der Waals surface area contributed by atoms with E-state index in [1.807, 2.05) is 18.7 Å². The zero-order valence-corrected chi connectivity index (χ0v) is 15.6. The van der Waals surface area contributed by atoms with Crippen LogP contribution in [0.5, 0.6) is 0 Å². The number of amides is 2. The number of aryl methyl sites for hydroxylation is 2. The van der Waals surface area contributed by atoms with E-state index in [0.29, 0.717) is 0 Å². The van der Waals surface area contributed by atoms with Crippen molar-refractivity contribution >= 4 is 11.8 Å². The van der Waals surface area contributed by atoms with Gasteiger partial charge < -0.3 is 20.3 Å². The topological polar surface area (TPSA) is 71.4 Å². The minimum absolute atomic E-state index is 0.0676. The highest BCUT2D eigenvalue weighted by molar-refractivity contribution is 5.74. The summed E-state index contributed by atoms with van der Waals surface area (Å²) >= 11 is 0. The van der Waals surface area contributed by atoms with Crippen LogP contribution in [0.2, 0.25) is 0 Å². The Kier molecular flexibility index (Phi) is 5.83. The summed E-state index contributed by atoms with van der Waals surface area (Å²) in [5.74, 6) is 1.12. The number of piperidine rings is 1. The molecule has 2 fully saturated rings. The van der Waals surface area contributed by atoms with Gasteiger partial charge in [0.2, 0.25) is 0 Å². The van der Waals surface area contributed by atoms with Gasteiger partial charge in [-0.2, -0.15) is 5.10 Å². The fourth-order valence-electron chi connectivity index (χ4n) is 4.14. The normalized spacial score (nSPS) is 27.2. The molecule has 0 aromatic carbocycles. The molecule has 1 aromatic heterocycles. The fourth-order valence-corrected chi connectivity index (χ4v) is 4.14. The van der Waals surface area contributed by atoms with Crippen molar-refractivity contribution in [3.8, 4) is 0 Å². The first kappa shape index (κ1) is 18.0. The second kappa shape index (κ2) is 8.08. The average molecular weight is 349 g/mol. The summed E-state index contributed by atoms with van der Waals surface area (Å²) in [5.41, 5.74) is 1.02. The Morgan fingerprint density at radius 2 is 2.04 bits per heavy atom. The van der Waals surface area contributed by atoms with E-state index in [-0.39, 0.29) is 24.2 Å². The van der Waals surface area contributed by atoms with Crippen molar-refractivity contribution in [3.05, 3.63) is 11.8 Å². The van der Waals surface area contributed by atoms with Crippen LogP contribution in [0.15, 0.2) is 6.07 Å². The molecule has 1 aromatic rings. The van der Waals surface area contributed by atoms with Crippen LogP contribution in [0.1, 0.15) is 44.2 Å².